The third-order valence-corrected chi connectivity index (χ3v) is 1.47. The van der Waals surface area contributed by atoms with Gasteiger partial charge in [0.1, 0.15) is 0 Å². The van der Waals surface area contributed by atoms with Crippen LogP contribution in [0.1, 0.15) is 5.56 Å². The van der Waals surface area contributed by atoms with Gasteiger partial charge in [-0.15, -0.1) is 0 Å². The average molecular weight is 156 g/mol. The van der Waals surface area contributed by atoms with Crippen LogP contribution >= 0.6 is 0 Å². The van der Waals surface area contributed by atoms with Crippen molar-refractivity contribution in [3.8, 4) is 11.5 Å². The van der Waals surface area contributed by atoms with Crippen LogP contribution in [-0.4, -0.2) is 12.2 Å². The van der Waals surface area contributed by atoms with E-state index in [9.17, 15) is 4.39 Å². The maximum absolute atomic E-state index is 13.0. The first-order valence-electron chi connectivity index (χ1n) is 3.19. The van der Waals surface area contributed by atoms with E-state index in [1.165, 1.54) is 19.2 Å². The monoisotopic (exact) mass is 156 g/mol. The predicted octanol–water partition coefficient (Wildman–Crippen LogP) is 1.85. The number of benzene rings is 1. The standard InChI is InChI=1S/C8H9FO2/c1-5-3-4-6(10)8(11-2)7(5)9/h3-4,10H,1-2H3. The Morgan fingerprint density at radius 2 is 2.09 bits per heavy atom. The fraction of sp³-hybridized carbons (Fsp3) is 0.250. The lowest BCUT2D eigenvalue weighted by Crippen LogP contribution is -1.90. The summed E-state index contributed by atoms with van der Waals surface area (Å²) in [6.45, 7) is 1.61. The molecule has 0 atom stereocenters. The third kappa shape index (κ3) is 1.27. The second kappa shape index (κ2) is 2.78. The van der Waals surface area contributed by atoms with E-state index in [0.29, 0.717) is 5.56 Å². The van der Waals surface area contributed by atoms with E-state index < -0.39 is 5.82 Å². The van der Waals surface area contributed by atoms with Crippen molar-refractivity contribution < 1.29 is 14.2 Å². The molecule has 0 aromatic heterocycles. The van der Waals surface area contributed by atoms with Crippen molar-refractivity contribution in [3.05, 3.63) is 23.5 Å². The van der Waals surface area contributed by atoms with E-state index in [2.05, 4.69) is 4.74 Å². The van der Waals surface area contributed by atoms with Crippen molar-refractivity contribution >= 4 is 0 Å². The number of hydrogen-bond acceptors (Lipinski definition) is 2. The lowest BCUT2D eigenvalue weighted by atomic mass is 10.2. The summed E-state index contributed by atoms with van der Waals surface area (Å²) in [4.78, 5) is 0. The molecule has 0 radical (unpaired) electrons. The molecule has 0 saturated heterocycles. The van der Waals surface area contributed by atoms with Gasteiger partial charge < -0.3 is 9.84 Å². The van der Waals surface area contributed by atoms with Crippen LogP contribution in [0.15, 0.2) is 12.1 Å². The SMILES string of the molecule is COc1c(O)ccc(C)c1F. The summed E-state index contributed by atoms with van der Waals surface area (Å²) in [5, 5.41) is 9.05. The molecular formula is C8H9FO2. The van der Waals surface area contributed by atoms with Crippen molar-refractivity contribution in [3.63, 3.8) is 0 Å². The molecular weight excluding hydrogens is 147 g/mol. The van der Waals surface area contributed by atoms with Crippen LogP contribution in [0, 0.1) is 12.7 Å². The number of methoxy groups -OCH3 is 1. The van der Waals surface area contributed by atoms with Crippen molar-refractivity contribution in [2.75, 3.05) is 7.11 Å². The fourth-order valence-corrected chi connectivity index (χ4v) is 0.838. The van der Waals surface area contributed by atoms with Gasteiger partial charge in [0.15, 0.2) is 17.3 Å². The highest BCUT2D eigenvalue weighted by atomic mass is 19.1. The van der Waals surface area contributed by atoms with Crippen LogP contribution in [0.3, 0.4) is 0 Å². The molecule has 1 aromatic rings. The van der Waals surface area contributed by atoms with Gasteiger partial charge in [-0.2, -0.15) is 0 Å². The normalized spacial score (nSPS) is 9.73. The minimum Gasteiger partial charge on any atom is -0.504 e. The van der Waals surface area contributed by atoms with E-state index >= 15 is 0 Å². The molecule has 0 aliphatic carbocycles. The van der Waals surface area contributed by atoms with Crippen molar-refractivity contribution in [2.24, 2.45) is 0 Å². The Hall–Kier alpha value is -1.25. The molecule has 0 aliphatic rings. The van der Waals surface area contributed by atoms with Crippen LogP contribution in [0.4, 0.5) is 4.39 Å². The van der Waals surface area contributed by atoms with Crippen LogP contribution < -0.4 is 4.74 Å². The number of phenols is 1. The van der Waals surface area contributed by atoms with E-state index in [1.54, 1.807) is 6.92 Å². The zero-order valence-electron chi connectivity index (χ0n) is 6.39. The third-order valence-electron chi connectivity index (χ3n) is 1.47. The zero-order valence-corrected chi connectivity index (χ0v) is 6.39. The summed E-state index contributed by atoms with van der Waals surface area (Å²) >= 11 is 0. The number of halogens is 1. The molecule has 3 heteroatoms. The Morgan fingerprint density at radius 3 is 2.55 bits per heavy atom. The number of aryl methyl sites for hydroxylation is 1. The Morgan fingerprint density at radius 1 is 1.45 bits per heavy atom. The maximum Gasteiger partial charge on any atom is 0.196 e. The number of ether oxygens (including phenoxy) is 1. The van der Waals surface area contributed by atoms with Gasteiger partial charge in [-0.1, -0.05) is 6.07 Å². The first-order chi connectivity index (χ1) is 5.16. The van der Waals surface area contributed by atoms with Gasteiger partial charge in [-0.25, -0.2) is 4.39 Å². The molecule has 0 unspecified atom stereocenters. The first kappa shape index (κ1) is 7.85. The van der Waals surface area contributed by atoms with Crippen LogP contribution in [0.2, 0.25) is 0 Å². The van der Waals surface area contributed by atoms with Gasteiger partial charge in [0, 0.05) is 0 Å². The highest BCUT2D eigenvalue weighted by molar-refractivity contribution is 5.42. The molecule has 0 aliphatic heterocycles. The second-order valence-corrected chi connectivity index (χ2v) is 2.25. The van der Waals surface area contributed by atoms with Crippen molar-refractivity contribution in [2.45, 2.75) is 6.92 Å². The topological polar surface area (TPSA) is 29.5 Å². The predicted molar refractivity (Wildman–Crippen MR) is 39.4 cm³/mol. The van der Waals surface area contributed by atoms with Gasteiger partial charge in [0.25, 0.3) is 0 Å². The van der Waals surface area contributed by atoms with Crippen LogP contribution in [-0.2, 0) is 0 Å². The zero-order chi connectivity index (χ0) is 8.43. The minimum atomic E-state index is -0.507. The molecule has 0 saturated carbocycles. The quantitative estimate of drug-likeness (QED) is 0.672. The molecule has 11 heavy (non-hydrogen) atoms. The average Bonchev–Trinajstić information content (AvgIpc) is 1.99. The molecule has 0 spiro atoms. The highest BCUT2D eigenvalue weighted by Crippen LogP contribution is 2.30. The fourth-order valence-electron chi connectivity index (χ4n) is 0.838. The molecule has 1 aromatic carbocycles. The summed E-state index contributed by atoms with van der Waals surface area (Å²) < 4.78 is 17.6. The number of rotatable bonds is 1. The van der Waals surface area contributed by atoms with Gasteiger partial charge in [0.2, 0.25) is 0 Å². The van der Waals surface area contributed by atoms with Gasteiger partial charge in [-0.05, 0) is 18.6 Å². The van der Waals surface area contributed by atoms with Gasteiger partial charge in [0.05, 0.1) is 7.11 Å². The molecule has 0 amide bonds. The molecule has 0 heterocycles. The summed E-state index contributed by atoms with van der Waals surface area (Å²) in [6, 6.07) is 2.89. The van der Waals surface area contributed by atoms with Gasteiger partial charge in [-0.3, -0.25) is 0 Å². The Labute approximate surface area is 64.2 Å². The number of phenolic OH excluding ortho intramolecular Hbond substituents is 1. The Balaban J connectivity index is 3.29. The summed E-state index contributed by atoms with van der Waals surface area (Å²) in [5.74, 6) is -0.770. The van der Waals surface area contributed by atoms with E-state index in [0.717, 1.165) is 0 Å². The minimum absolute atomic E-state index is 0.0926. The maximum atomic E-state index is 13.0. The Kier molecular flexibility index (Phi) is 1.98. The van der Waals surface area contributed by atoms with Crippen molar-refractivity contribution in [1.29, 1.82) is 0 Å². The lowest BCUT2D eigenvalue weighted by molar-refractivity contribution is 0.350. The molecule has 1 rings (SSSR count). The largest absolute Gasteiger partial charge is 0.504 e. The molecule has 0 fully saturated rings. The summed E-state index contributed by atoms with van der Waals surface area (Å²) in [7, 11) is 1.32. The molecule has 2 nitrogen and oxygen atoms in total. The molecule has 0 bridgehead atoms. The van der Waals surface area contributed by atoms with Crippen LogP contribution in [0.25, 0.3) is 0 Å². The Bertz CT molecular complexity index is 271. The molecule has 1 N–H and O–H groups in total. The van der Waals surface area contributed by atoms with E-state index in [-0.39, 0.29) is 11.5 Å². The van der Waals surface area contributed by atoms with Gasteiger partial charge >= 0.3 is 0 Å². The van der Waals surface area contributed by atoms with Crippen molar-refractivity contribution in [1.82, 2.24) is 0 Å². The van der Waals surface area contributed by atoms with Crippen LogP contribution in [0.5, 0.6) is 11.5 Å². The number of aromatic hydroxyl groups is 1. The van der Waals surface area contributed by atoms with E-state index in [4.69, 9.17) is 5.11 Å². The number of hydrogen-bond donors (Lipinski definition) is 1. The summed E-state index contributed by atoms with van der Waals surface area (Å²) in [6.07, 6.45) is 0. The second-order valence-electron chi connectivity index (χ2n) is 2.25. The van der Waals surface area contributed by atoms with E-state index in [1.807, 2.05) is 0 Å². The first-order valence-corrected chi connectivity index (χ1v) is 3.19. The summed E-state index contributed by atoms with van der Waals surface area (Å²) in [5.41, 5.74) is 0.458. The molecule has 60 valence electrons. The lowest BCUT2D eigenvalue weighted by Gasteiger charge is -2.05. The highest BCUT2D eigenvalue weighted by Gasteiger charge is 2.09. The smallest absolute Gasteiger partial charge is 0.196 e.